The van der Waals surface area contributed by atoms with Crippen LogP contribution in [0.3, 0.4) is 0 Å². The molecule has 172 valence electrons. The zero-order valence-corrected chi connectivity index (χ0v) is 19.7. The minimum Gasteiger partial charge on any atom is -0.493 e. The summed E-state index contributed by atoms with van der Waals surface area (Å²) in [6.07, 6.45) is 0. The van der Waals surface area contributed by atoms with Gasteiger partial charge in [0.05, 0.1) is 32.6 Å². The number of carbonyl (C=O) groups excluding carboxylic acids is 1. The molecular weight excluding hydrogens is 408 g/mol. The topological polar surface area (TPSA) is 77.0 Å². The number of aromatic nitrogens is 2. The second-order valence-corrected chi connectivity index (χ2v) is 9.54. The molecule has 8 heteroatoms. The summed E-state index contributed by atoms with van der Waals surface area (Å²) in [5, 5.41) is 8.90. The number of benzene rings is 1. The summed E-state index contributed by atoms with van der Waals surface area (Å²) in [6.45, 7) is 9.58. The van der Waals surface area contributed by atoms with Gasteiger partial charge in [0.1, 0.15) is 0 Å². The van der Waals surface area contributed by atoms with Gasteiger partial charge in [-0.1, -0.05) is 20.8 Å². The van der Waals surface area contributed by atoms with E-state index in [1.54, 1.807) is 26.4 Å². The standard InChI is InChI=1S/C24H32N4O4/c1-24(2,3)19-9-10-20(26-25-19)27-11-15-13-28(14-16(15)12-27)23(29)17-7-8-18(30-4)22(32-6)21(17)31-5/h7-10,15-16H,11-14H2,1-6H3. The molecule has 1 amide bonds. The normalized spacial score (nSPS) is 20.3. The second kappa shape index (κ2) is 8.48. The lowest BCUT2D eigenvalue weighted by atomic mass is 9.92. The molecule has 4 rings (SSSR count). The lowest BCUT2D eigenvalue weighted by Crippen LogP contribution is -2.33. The number of fused-ring (bicyclic) bond motifs is 1. The van der Waals surface area contributed by atoms with Crippen LogP contribution in [0.1, 0.15) is 36.8 Å². The molecule has 0 aliphatic carbocycles. The Hall–Kier alpha value is -3.03. The molecule has 0 N–H and O–H groups in total. The molecule has 3 heterocycles. The van der Waals surface area contributed by atoms with Crippen molar-refractivity contribution in [2.75, 3.05) is 52.4 Å². The van der Waals surface area contributed by atoms with Crippen LogP contribution in [0, 0.1) is 11.8 Å². The maximum Gasteiger partial charge on any atom is 0.257 e. The van der Waals surface area contributed by atoms with Gasteiger partial charge in [-0.15, -0.1) is 5.10 Å². The minimum absolute atomic E-state index is 0.0148. The zero-order valence-electron chi connectivity index (χ0n) is 19.7. The molecule has 32 heavy (non-hydrogen) atoms. The Balaban J connectivity index is 1.45. The Labute approximate surface area is 189 Å². The summed E-state index contributed by atoms with van der Waals surface area (Å²) in [6, 6.07) is 7.62. The van der Waals surface area contributed by atoms with Crippen molar-refractivity contribution in [2.45, 2.75) is 26.2 Å². The molecule has 0 radical (unpaired) electrons. The first-order valence-corrected chi connectivity index (χ1v) is 10.9. The van der Waals surface area contributed by atoms with Crippen LogP contribution in [0.4, 0.5) is 5.82 Å². The summed E-state index contributed by atoms with van der Waals surface area (Å²) in [7, 11) is 4.64. The number of methoxy groups -OCH3 is 3. The van der Waals surface area contributed by atoms with Crippen molar-refractivity contribution in [1.82, 2.24) is 15.1 Å². The Morgan fingerprint density at radius 2 is 1.53 bits per heavy atom. The van der Waals surface area contributed by atoms with E-state index >= 15 is 0 Å². The van der Waals surface area contributed by atoms with Crippen molar-refractivity contribution in [3.05, 3.63) is 35.5 Å². The smallest absolute Gasteiger partial charge is 0.257 e. The summed E-state index contributed by atoms with van der Waals surface area (Å²) >= 11 is 0. The molecule has 1 aromatic heterocycles. The molecule has 2 saturated heterocycles. The van der Waals surface area contributed by atoms with Crippen molar-refractivity contribution in [1.29, 1.82) is 0 Å². The molecule has 2 aliphatic rings. The third-order valence-electron chi connectivity index (χ3n) is 6.45. The van der Waals surface area contributed by atoms with Crippen LogP contribution in [0.25, 0.3) is 0 Å². The summed E-state index contributed by atoms with van der Waals surface area (Å²) in [4.78, 5) is 17.5. The highest BCUT2D eigenvalue weighted by atomic mass is 16.5. The van der Waals surface area contributed by atoms with E-state index in [-0.39, 0.29) is 11.3 Å². The average Bonchev–Trinajstić information content (AvgIpc) is 3.36. The molecule has 0 bridgehead atoms. The number of nitrogens with zero attached hydrogens (tertiary/aromatic N) is 4. The van der Waals surface area contributed by atoms with E-state index < -0.39 is 0 Å². The molecular formula is C24H32N4O4. The predicted octanol–water partition coefficient (Wildman–Crippen LogP) is 3.01. The fourth-order valence-electron chi connectivity index (χ4n) is 4.68. The molecule has 2 aliphatic heterocycles. The first-order valence-electron chi connectivity index (χ1n) is 10.9. The van der Waals surface area contributed by atoms with Gasteiger partial charge in [0, 0.05) is 43.4 Å². The van der Waals surface area contributed by atoms with Crippen LogP contribution in [0.2, 0.25) is 0 Å². The fourth-order valence-corrected chi connectivity index (χ4v) is 4.68. The Bertz CT molecular complexity index is 973. The quantitative estimate of drug-likeness (QED) is 0.707. The minimum atomic E-state index is -0.0434. The van der Waals surface area contributed by atoms with Crippen molar-refractivity contribution in [2.24, 2.45) is 11.8 Å². The van der Waals surface area contributed by atoms with Gasteiger partial charge in [-0.05, 0) is 24.3 Å². The number of anilines is 1. The van der Waals surface area contributed by atoms with E-state index in [9.17, 15) is 4.79 Å². The number of rotatable bonds is 5. The zero-order chi connectivity index (χ0) is 23.0. The van der Waals surface area contributed by atoms with Gasteiger partial charge in [0.15, 0.2) is 17.3 Å². The van der Waals surface area contributed by atoms with Crippen molar-refractivity contribution in [3.63, 3.8) is 0 Å². The van der Waals surface area contributed by atoms with Gasteiger partial charge in [-0.2, -0.15) is 5.10 Å². The van der Waals surface area contributed by atoms with E-state index in [2.05, 4.69) is 48.0 Å². The number of likely N-dealkylation sites (tertiary alicyclic amines) is 1. The van der Waals surface area contributed by atoms with Gasteiger partial charge in [0.2, 0.25) is 5.75 Å². The number of amides is 1. The molecule has 2 fully saturated rings. The highest BCUT2D eigenvalue weighted by Gasteiger charge is 2.43. The second-order valence-electron chi connectivity index (χ2n) is 9.54. The van der Waals surface area contributed by atoms with Crippen LogP contribution in [-0.2, 0) is 5.41 Å². The van der Waals surface area contributed by atoms with Crippen molar-refractivity contribution in [3.8, 4) is 17.2 Å². The third kappa shape index (κ3) is 3.94. The first-order chi connectivity index (χ1) is 15.3. The monoisotopic (exact) mass is 440 g/mol. The lowest BCUT2D eigenvalue weighted by Gasteiger charge is -2.24. The Kier molecular flexibility index (Phi) is 5.88. The maximum absolute atomic E-state index is 13.3. The summed E-state index contributed by atoms with van der Waals surface area (Å²) in [5.74, 6) is 3.06. The van der Waals surface area contributed by atoms with Gasteiger partial charge < -0.3 is 24.0 Å². The Morgan fingerprint density at radius 3 is 2.03 bits per heavy atom. The van der Waals surface area contributed by atoms with E-state index in [0.717, 1.165) is 24.6 Å². The number of carbonyl (C=O) groups is 1. The van der Waals surface area contributed by atoms with Gasteiger partial charge >= 0.3 is 0 Å². The molecule has 2 atom stereocenters. The molecule has 0 saturated carbocycles. The van der Waals surface area contributed by atoms with Gasteiger partial charge in [-0.3, -0.25) is 4.79 Å². The van der Waals surface area contributed by atoms with Crippen LogP contribution in [0.15, 0.2) is 24.3 Å². The summed E-state index contributed by atoms with van der Waals surface area (Å²) in [5.41, 5.74) is 1.46. The highest BCUT2D eigenvalue weighted by molar-refractivity contribution is 5.98. The first kappa shape index (κ1) is 22.2. The molecule has 8 nitrogen and oxygen atoms in total. The molecule has 1 aromatic carbocycles. The van der Waals surface area contributed by atoms with E-state index in [0.29, 0.717) is 47.7 Å². The number of ether oxygens (including phenoxy) is 3. The van der Waals surface area contributed by atoms with E-state index in [4.69, 9.17) is 14.2 Å². The van der Waals surface area contributed by atoms with Crippen LogP contribution in [0.5, 0.6) is 17.2 Å². The highest BCUT2D eigenvalue weighted by Crippen LogP contribution is 2.41. The maximum atomic E-state index is 13.3. The third-order valence-corrected chi connectivity index (χ3v) is 6.45. The number of hydrogen-bond donors (Lipinski definition) is 0. The fraction of sp³-hybridized carbons (Fsp3) is 0.542. The van der Waals surface area contributed by atoms with Crippen molar-refractivity contribution >= 4 is 11.7 Å². The predicted molar refractivity (Wildman–Crippen MR) is 122 cm³/mol. The number of hydrogen-bond acceptors (Lipinski definition) is 7. The van der Waals surface area contributed by atoms with Crippen LogP contribution < -0.4 is 19.1 Å². The molecule has 0 spiro atoms. The van der Waals surface area contributed by atoms with Gasteiger partial charge in [0.25, 0.3) is 5.91 Å². The lowest BCUT2D eigenvalue weighted by molar-refractivity contribution is 0.0778. The average molecular weight is 441 g/mol. The van der Waals surface area contributed by atoms with Crippen LogP contribution in [-0.4, -0.2) is 68.5 Å². The largest absolute Gasteiger partial charge is 0.493 e. The van der Waals surface area contributed by atoms with Crippen LogP contribution >= 0.6 is 0 Å². The van der Waals surface area contributed by atoms with Crippen molar-refractivity contribution < 1.29 is 19.0 Å². The summed E-state index contributed by atoms with van der Waals surface area (Å²) < 4.78 is 16.3. The Morgan fingerprint density at radius 1 is 0.875 bits per heavy atom. The van der Waals surface area contributed by atoms with E-state index in [1.165, 1.54) is 7.11 Å². The molecule has 2 unspecified atom stereocenters. The SMILES string of the molecule is COc1ccc(C(=O)N2CC3CN(c4ccc(C(C)(C)C)nn4)CC3C2)c(OC)c1OC. The van der Waals surface area contributed by atoms with E-state index in [1.807, 2.05) is 4.90 Å². The van der Waals surface area contributed by atoms with Gasteiger partial charge in [-0.25, -0.2) is 0 Å². The molecule has 2 aromatic rings.